The van der Waals surface area contributed by atoms with E-state index in [1.54, 1.807) is 16.2 Å². The molecular formula is C16H26N4O2S. The molecule has 0 bridgehead atoms. The second-order valence-electron chi connectivity index (χ2n) is 6.55. The lowest BCUT2D eigenvalue weighted by Crippen LogP contribution is -2.63. The molecule has 0 spiro atoms. The van der Waals surface area contributed by atoms with Crippen LogP contribution >= 0.6 is 11.3 Å². The van der Waals surface area contributed by atoms with E-state index >= 15 is 0 Å². The second-order valence-corrected chi connectivity index (χ2v) is 7.33. The number of guanidine groups is 1. The zero-order valence-corrected chi connectivity index (χ0v) is 15.1. The number of amides is 1. The quantitative estimate of drug-likeness (QED) is 0.654. The van der Waals surface area contributed by atoms with Gasteiger partial charge in [0.15, 0.2) is 5.96 Å². The van der Waals surface area contributed by atoms with E-state index < -0.39 is 5.60 Å². The summed E-state index contributed by atoms with van der Waals surface area (Å²) in [6.45, 7) is 10.4. The van der Waals surface area contributed by atoms with Crippen molar-refractivity contribution in [3.8, 4) is 0 Å². The van der Waals surface area contributed by atoms with Crippen LogP contribution in [-0.4, -0.2) is 48.2 Å². The lowest BCUT2D eigenvalue weighted by Gasteiger charge is -2.40. The number of carbonyl (C=O) groups is 1. The molecule has 2 heterocycles. The summed E-state index contributed by atoms with van der Waals surface area (Å²) in [5, 5.41) is 10.7. The first-order valence-electron chi connectivity index (χ1n) is 7.91. The average Bonchev–Trinajstić information content (AvgIpc) is 2.90. The first-order valence-corrected chi connectivity index (χ1v) is 8.85. The standard InChI is InChI=1S/C16H26N4O2S/c1-5-17-14(18-8-12-6-7-23-11-12)19-13-9-20(10-13)15(21)22-16(2,3)4/h6-7,11,13H,5,8-10H2,1-4H3,(H2,17,18,19). The molecule has 7 heteroatoms. The van der Waals surface area contributed by atoms with Crippen molar-refractivity contribution in [3.63, 3.8) is 0 Å². The normalized spacial score (nSPS) is 16.0. The molecule has 1 fully saturated rings. The molecule has 0 aromatic carbocycles. The number of aliphatic imine (C=N–C) groups is 1. The van der Waals surface area contributed by atoms with E-state index in [1.807, 2.05) is 27.7 Å². The largest absolute Gasteiger partial charge is 0.444 e. The average molecular weight is 338 g/mol. The van der Waals surface area contributed by atoms with Gasteiger partial charge >= 0.3 is 6.09 Å². The Morgan fingerprint density at radius 3 is 2.78 bits per heavy atom. The number of thiophene rings is 1. The van der Waals surface area contributed by atoms with Crippen LogP contribution in [0.3, 0.4) is 0 Å². The lowest BCUT2D eigenvalue weighted by atomic mass is 10.1. The zero-order valence-electron chi connectivity index (χ0n) is 14.3. The Bertz CT molecular complexity index is 531. The van der Waals surface area contributed by atoms with Gasteiger partial charge in [0, 0.05) is 19.6 Å². The van der Waals surface area contributed by atoms with Gasteiger partial charge in [-0.05, 0) is 50.1 Å². The molecule has 0 saturated carbocycles. The number of rotatable bonds is 4. The van der Waals surface area contributed by atoms with Crippen LogP contribution in [0.25, 0.3) is 0 Å². The third-order valence-electron chi connectivity index (χ3n) is 3.22. The summed E-state index contributed by atoms with van der Waals surface area (Å²) in [6.07, 6.45) is -0.254. The minimum atomic E-state index is -0.452. The van der Waals surface area contributed by atoms with Crippen molar-refractivity contribution in [1.82, 2.24) is 15.5 Å². The Hall–Kier alpha value is -1.76. The van der Waals surface area contributed by atoms with Gasteiger partial charge < -0.3 is 20.3 Å². The zero-order chi connectivity index (χ0) is 16.9. The Labute approximate surface area is 141 Å². The number of hydrogen-bond donors (Lipinski definition) is 2. The van der Waals surface area contributed by atoms with Crippen molar-refractivity contribution >= 4 is 23.4 Å². The fraction of sp³-hybridized carbons (Fsp3) is 0.625. The topological polar surface area (TPSA) is 66.0 Å². The van der Waals surface area contributed by atoms with E-state index in [1.165, 1.54) is 5.56 Å². The molecule has 1 aliphatic rings. The first kappa shape index (κ1) is 17.6. The van der Waals surface area contributed by atoms with Crippen LogP contribution in [0.2, 0.25) is 0 Å². The summed E-state index contributed by atoms with van der Waals surface area (Å²) < 4.78 is 5.35. The molecule has 0 atom stereocenters. The molecular weight excluding hydrogens is 312 g/mol. The van der Waals surface area contributed by atoms with Crippen molar-refractivity contribution in [2.75, 3.05) is 19.6 Å². The predicted octanol–water partition coefficient (Wildman–Crippen LogP) is 2.42. The van der Waals surface area contributed by atoms with Gasteiger partial charge in [0.25, 0.3) is 0 Å². The number of carbonyl (C=O) groups excluding carboxylic acids is 1. The predicted molar refractivity (Wildman–Crippen MR) is 93.9 cm³/mol. The highest BCUT2D eigenvalue weighted by Gasteiger charge is 2.34. The minimum Gasteiger partial charge on any atom is -0.444 e. The highest BCUT2D eigenvalue weighted by molar-refractivity contribution is 7.07. The van der Waals surface area contributed by atoms with E-state index in [0.29, 0.717) is 19.6 Å². The molecule has 1 aliphatic heterocycles. The third kappa shape index (κ3) is 5.74. The minimum absolute atomic E-state index is 0.211. The summed E-state index contributed by atoms with van der Waals surface area (Å²) in [6, 6.07) is 2.29. The highest BCUT2D eigenvalue weighted by atomic mass is 32.1. The second kappa shape index (κ2) is 7.68. The van der Waals surface area contributed by atoms with E-state index in [9.17, 15) is 4.79 Å². The molecule has 128 valence electrons. The van der Waals surface area contributed by atoms with Crippen LogP contribution < -0.4 is 10.6 Å². The van der Waals surface area contributed by atoms with E-state index in [2.05, 4.69) is 32.5 Å². The molecule has 0 radical (unpaired) electrons. The van der Waals surface area contributed by atoms with E-state index in [4.69, 9.17) is 4.74 Å². The summed E-state index contributed by atoms with van der Waals surface area (Å²) in [4.78, 5) is 18.2. The highest BCUT2D eigenvalue weighted by Crippen LogP contribution is 2.15. The van der Waals surface area contributed by atoms with Gasteiger partial charge in [-0.15, -0.1) is 0 Å². The van der Waals surface area contributed by atoms with Crippen molar-refractivity contribution in [2.45, 2.75) is 45.9 Å². The number of hydrogen-bond acceptors (Lipinski definition) is 4. The molecule has 2 rings (SSSR count). The maximum atomic E-state index is 11.9. The molecule has 1 saturated heterocycles. The van der Waals surface area contributed by atoms with E-state index in [-0.39, 0.29) is 12.1 Å². The molecule has 0 aliphatic carbocycles. The van der Waals surface area contributed by atoms with Crippen LogP contribution in [0.5, 0.6) is 0 Å². The van der Waals surface area contributed by atoms with Crippen LogP contribution in [0, 0.1) is 0 Å². The summed E-state index contributed by atoms with van der Waals surface area (Å²) in [5.41, 5.74) is 0.753. The van der Waals surface area contributed by atoms with Gasteiger partial charge in [0.05, 0.1) is 12.6 Å². The Balaban J connectivity index is 1.79. The molecule has 0 unspecified atom stereocenters. The fourth-order valence-corrected chi connectivity index (χ4v) is 2.77. The molecule has 1 aromatic rings. The van der Waals surface area contributed by atoms with Crippen molar-refractivity contribution < 1.29 is 9.53 Å². The van der Waals surface area contributed by atoms with Gasteiger partial charge in [0.1, 0.15) is 5.60 Å². The Kier molecular flexibility index (Phi) is 5.87. The Morgan fingerprint density at radius 2 is 2.22 bits per heavy atom. The molecule has 1 amide bonds. The van der Waals surface area contributed by atoms with Crippen LogP contribution in [-0.2, 0) is 11.3 Å². The first-order chi connectivity index (χ1) is 10.9. The van der Waals surface area contributed by atoms with E-state index in [0.717, 1.165) is 12.5 Å². The van der Waals surface area contributed by atoms with Gasteiger partial charge in [-0.2, -0.15) is 11.3 Å². The number of ether oxygens (including phenoxy) is 1. The number of likely N-dealkylation sites (tertiary alicyclic amines) is 1. The maximum Gasteiger partial charge on any atom is 0.410 e. The SMILES string of the molecule is CCNC(=NCc1ccsc1)NC1CN(C(=O)OC(C)(C)C)C1. The number of nitrogens with one attached hydrogen (secondary N) is 2. The lowest BCUT2D eigenvalue weighted by molar-refractivity contribution is 0.00701. The van der Waals surface area contributed by atoms with Crippen molar-refractivity contribution in [3.05, 3.63) is 22.4 Å². The van der Waals surface area contributed by atoms with Crippen molar-refractivity contribution in [2.24, 2.45) is 4.99 Å². The summed E-state index contributed by atoms with van der Waals surface area (Å²) in [5.74, 6) is 0.785. The summed E-state index contributed by atoms with van der Waals surface area (Å²) in [7, 11) is 0. The van der Waals surface area contributed by atoms with Gasteiger partial charge in [0.2, 0.25) is 0 Å². The molecule has 6 nitrogen and oxygen atoms in total. The van der Waals surface area contributed by atoms with Gasteiger partial charge in [-0.3, -0.25) is 0 Å². The van der Waals surface area contributed by atoms with Crippen LogP contribution in [0.1, 0.15) is 33.3 Å². The van der Waals surface area contributed by atoms with Crippen LogP contribution in [0.15, 0.2) is 21.8 Å². The maximum absolute atomic E-state index is 11.9. The molecule has 2 N–H and O–H groups in total. The monoisotopic (exact) mass is 338 g/mol. The van der Waals surface area contributed by atoms with Gasteiger partial charge in [-0.1, -0.05) is 0 Å². The molecule has 23 heavy (non-hydrogen) atoms. The number of nitrogens with zero attached hydrogens (tertiary/aromatic N) is 2. The Morgan fingerprint density at radius 1 is 1.48 bits per heavy atom. The van der Waals surface area contributed by atoms with Crippen LogP contribution in [0.4, 0.5) is 4.79 Å². The van der Waals surface area contributed by atoms with Crippen molar-refractivity contribution in [1.29, 1.82) is 0 Å². The summed E-state index contributed by atoms with van der Waals surface area (Å²) >= 11 is 1.67. The molecule has 1 aromatic heterocycles. The van der Waals surface area contributed by atoms with Gasteiger partial charge in [-0.25, -0.2) is 9.79 Å². The smallest absolute Gasteiger partial charge is 0.410 e. The third-order valence-corrected chi connectivity index (χ3v) is 3.95. The fourth-order valence-electron chi connectivity index (χ4n) is 2.11.